The molecule has 4 aromatic rings. The lowest BCUT2D eigenvalue weighted by atomic mass is 10.1. The predicted octanol–water partition coefficient (Wildman–Crippen LogP) is 4.71. The molecule has 7 nitrogen and oxygen atoms in total. The molecule has 1 amide bonds. The summed E-state index contributed by atoms with van der Waals surface area (Å²) in [6.07, 6.45) is 0. The molecule has 0 saturated heterocycles. The molecule has 0 aliphatic carbocycles. The topological polar surface area (TPSA) is 78.3 Å². The molecule has 31 heavy (non-hydrogen) atoms. The van der Waals surface area contributed by atoms with E-state index in [2.05, 4.69) is 15.4 Å². The van der Waals surface area contributed by atoms with Crippen molar-refractivity contribution in [3.8, 4) is 27.9 Å². The number of benzene rings is 2. The van der Waals surface area contributed by atoms with E-state index >= 15 is 0 Å². The van der Waals surface area contributed by atoms with Gasteiger partial charge in [0.1, 0.15) is 23.1 Å². The number of thiazole rings is 1. The number of methoxy groups -OCH3 is 2. The molecular weight excluding hydrogens is 419 g/mol. The van der Waals surface area contributed by atoms with Gasteiger partial charge in [-0.1, -0.05) is 0 Å². The van der Waals surface area contributed by atoms with E-state index in [9.17, 15) is 9.18 Å². The fourth-order valence-electron chi connectivity index (χ4n) is 3.02. The maximum Gasteiger partial charge on any atom is 0.260 e. The number of aryl methyl sites for hydroxylation is 1. The molecule has 0 aliphatic rings. The van der Waals surface area contributed by atoms with Gasteiger partial charge in [0.2, 0.25) is 5.13 Å². The van der Waals surface area contributed by atoms with Gasteiger partial charge in [-0.2, -0.15) is 9.78 Å². The average molecular weight is 438 g/mol. The van der Waals surface area contributed by atoms with Crippen LogP contribution < -0.4 is 14.8 Å². The molecule has 0 spiro atoms. The third-order valence-corrected chi connectivity index (χ3v) is 5.36. The number of carbonyl (C=O) groups excluding carboxylic acids is 1. The van der Waals surface area contributed by atoms with Crippen molar-refractivity contribution in [1.82, 2.24) is 14.8 Å². The number of halogens is 1. The second kappa shape index (κ2) is 8.57. The number of nitrogens with zero attached hydrogens (tertiary/aromatic N) is 3. The summed E-state index contributed by atoms with van der Waals surface area (Å²) >= 11 is 1.37. The lowest BCUT2D eigenvalue weighted by Crippen LogP contribution is -2.16. The predicted molar refractivity (Wildman–Crippen MR) is 117 cm³/mol. The number of aromatic nitrogens is 3. The summed E-state index contributed by atoms with van der Waals surface area (Å²) in [5.41, 5.74) is 2.57. The van der Waals surface area contributed by atoms with E-state index in [1.165, 1.54) is 30.6 Å². The van der Waals surface area contributed by atoms with Crippen LogP contribution in [0, 0.1) is 12.7 Å². The molecular formula is C22H19FN4O3S. The van der Waals surface area contributed by atoms with Crippen molar-refractivity contribution in [2.45, 2.75) is 6.92 Å². The number of nitrogens with one attached hydrogen (secondary N) is 1. The Hall–Kier alpha value is -3.72. The van der Waals surface area contributed by atoms with Crippen molar-refractivity contribution >= 4 is 23.1 Å². The van der Waals surface area contributed by atoms with Crippen molar-refractivity contribution in [2.75, 3.05) is 19.5 Å². The lowest BCUT2D eigenvalue weighted by molar-refractivity contribution is 0.102. The summed E-state index contributed by atoms with van der Waals surface area (Å²) in [4.78, 5) is 17.5. The van der Waals surface area contributed by atoms with E-state index in [1.807, 2.05) is 12.3 Å². The van der Waals surface area contributed by atoms with Gasteiger partial charge < -0.3 is 14.8 Å². The molecule has 0 radical (unpaired) electrons. The Morgan fingerprint density at radius 2 is 1.87 bits per heavy atom. The highest BCUT2D eigenvalue weighted by molar-refractivity contribution is 7.12. The molecule has 0 unspecified atom stereocenters. The second-order valence-corrected chi connectivity index (χ2v) is 7.46. The van der Waals surface area contributed by atoms with Crippen molar-refractivity contribution < 1.29 is 18.7 Å². The Morgan fingerprint density at radius 3 is 2.58 bits per heavy atom. The molecule has 0 saturated carbocycles. The summed E-state index contributed by atoms with van der Waals surface area (Å²) in [5.74, 6) is 0.801. The Labute approximate surface area is 182 Å². The Morgan fingerprint density at radius 1 is 1.10 bits per heavy atom. The summed E-state index contributed by atoms with van der Waals surface area (Å²) in [5, 5.41) is 9.76. The molecule has 1 N–H and O–H groups in total. The highest BCUT2D eigenvalue weighted by Crippen LogP contribution is 2.28. The highest BCUT2D eigenvalue weighted by Gasteiger charge is 2.18. The number of anilines is 1. The van der Waals surface area contributed by atoms with Crippen molar-refractivity contribution in [3.05, 3.63) is 71.0 Å². The Balaban J connectivity index is 1.63. The molecule has 2 aromatic heterocycles. The van der Waals surface area contributed by atoms with Crippen LogP contribution >= 0.6 is 11.3 Å². The zero-order valence-electron chi connectivity index (χ0n) is 17.0. The second-order valence-electron chi connectivity index (χ2n) is 6.63. The van der Waals surface area contributed by atoms with Crippen LogP contribution in [0.1, 0.15) is 16.1 Å². The van der Waals surface area contributed by atoms with Gasteiger partial charge in [0, 0.05) is 23.1 Å². The van der Waals surface area contributed by atoms with E-state index < -0.39 is 0 Å². The van der Waals surface area contributed by atoms with Gasteiger partial charge in [0.25, 0.3) is 5.91 Å². The molecule has 2 heterocycles. The maximum absolute atomic E-state index is 13.2. The Kier molecular flexibility index (Phi) is 5.68. The quantitative estimate of drug-likeness (QED) is 0.472. The molecule has 158 valence electrons. The zero-order valence-corrected chi connectivity index (χ0v) is 17.9. The fourth-order valence-corrected chi connectivity index (χ4v) is 3.81. The van der Waals surface area contributed by atoms with Crippen LogP contribution in [-0.2, 0) is 0 Å². The number of amides is 1. The van der Waals surface area contributed by atoms with E-state index in [4.69, 9.17) is 9.47 Å². The first kappa shape index (κ1) is 20.5. The van der Waals surface area contributed by atoms with Crippen molar-refractivity contribution in [2.24, 2.45) is 0 Å². The van der Waals surface area contributed by atoms with E-state index in [0.29, 0.717) is 33.7 Å². The van der Waals surface area contributed by atoms with Gasteiger partial charge in [-0.25, -0.2) is 9.37 Å². The van der Waals surface area contributed by atoms with Gasteiger partial charge in [0.05, 0.1) is 31.2 Å². The molecule has 4 rings (SSSR count). The van der Waals surface area contributed by atoms with Crippen LogP contribution in [0.15, 0.2) is 53.9 Å². The average Bonchev–Trinajstić information content (AvgIpc) is 3.40. The van der Waals surface area contributed by atoms with Crippen LogP contribution in [0.2, 0.25) is 0 Å². The van der Waals surface area contributed by atoms with Crippen LogP contribution in [0.25, 0.3) is 16.4 Å². The molecule has 2 aromatic carbocycles. The molecule has 9 heteroatoms. The summed E-state index contributed by atoms with van der Waals surface area (Å²) in [6.45, 7) is 1.83. The van der Waals surface area contributed by atoms with E-state index in [1.54, 1.807) is 48.2 Å². The number of ether oxygens (including phenoxy) is 2. The SMILES string of the molecule is COc1ccc(C(=O)Nc2cc(C)nn2-c2nc(-c3ccc(F)cc3)cs2)c(OC)c1. The zero-order chi connectivity index (χ0) is 22.0. The third kappa shape index (κ3) is 4.26. The normalized spacial score (nSPS) is 10.7. The van der Waals surface area contributed by atoms with Crippen LogP contribution in [-0.4, -0.2) is 34.9 Å². The number of hydrogen-bond acceptors (Lipinski definition) is 6. The monoisotopic (exact) mass is 438 g/mol. The summed E-state index contributed by atoms with van der Waals surface area (Å²) < 4.78 is 25.3. The van der Waals surface area contributed by atoms with E-state index in [-0.39, 0.29) is 11.7 Å². The number of hydrogen-bond donors (Lipinski definition) is 1. The smallest absolute Gasteiger partial charge is 0.260 e. The van der Waals surface area contributed by atoms with Gasteiger partial charge in [0.15, 0.2) is 0 Å². The van der Waals surface area contributed by atoms with Crippen LogP contribution in [0.3, 0.4) is 0 Å². The van der Waals surface area contributed by atoms with Crippen molar-refractivity contribution in [3.63, 3.8) is 0 Å². The first-order chi connectivity index (χ1) is 15.0. The minimum Gasteiger partial charge on any atom is -0.497 e. The molecule has 0 bridgehead atoms. The largest absolute Gasteiger partial charge is 0.497 e. The first-order valence-electron chi connectivity index (χ1n) is 9.30. The highest BCUT2D eigenvalue weighted by atomic mass is 32.1. The number of rotatable bonds is 6. The lowest BCUT2D eigenvalue weighted by Gasteiger charge is -2.11. The first-order valence-corrected chi connectivity index (χ1v) is 10.2. The minimum absolute atomic E-state index is 0.305. The molecule has 0 fully saturated rings. The van der Waals surface area contributed by atoms with Gasteiger partial charge in [-0.3, -0.25) is 4.79 Å². The molecule has 0 atom stereocenters. The van der Waals surface area contributed by atoms with E-state index in [0.717, 1.165) is 11.3 Å². The van der Waals surface area contributed by atoms with Crippen LogP contribution in [0.5, 0.6) is 11.5 Å². The standard InChI is InChI=1S/C22H19FN4O3S/c1-13-10-20(25-21(28)17-9-8-16(29-2)11-19(17)30-3)27(26-13)22-24-18(12-31-22)14-4-6-15(23)7-5-14/h4-12H,1-3H3,(H,25,28). The van der Waals surface area contributed by atoms with Gasteiger partial charge in [-0.05, 0) is 43.3 Å². The van der Waals surface area contributed by atoms with Crippen LogP contribution in [0.4, 0.5) is 10.2 Å². The third-order valence-electron chi connectivity index (χ3n) is 4.54. The van der Waals surface area contributed by atoms with Gasteiger partial charge in [-0.15, -0.1) is 11.3 Å². The summed E-state index contributed by atoms with van der Waals surface area (Å²) in [6, 6.07) is 12.8. The fraction of sp³-hybridized carbons (Fsp3) is 0.136. The molecule has 0 aliphatic heterocycles. The van der Waals surface area contributed by atoms with Crippen molar-refractivity contribution in [1.29, 1.82) is 0 Å². The van der Waals surface area contributed by atoms with Gasteiger partial charge >= 0.3 is 0 Å². The Bertz CT molecular complexity index is 1230. The maximum atomic E-state index is 13.2. The number of carbonyl (C=O) groups is 1. The summed E-state index contributed by atoms with van der Waals surface area (Å²) in [7, 11) is 3.04. The minimum atomic E-state index is -0.351.